The molecule has 2 N–H and O–H groups in total. The maximum absolute atomic E-state index is 4.91. The van der Waals surface area contributed by atoms with E-state index in [1.165, 1.54) is 5.69 Å². The van der Waals surface area contributed by atoms with Gasteiger partial charge in [-0.05, 0) is 63.5 Å². The third-order valence-corrected chi connectivity index (χ3v) is 6.15. The van der Waals surface area contributed by atoms with Gasteiger partial charge in [-0.3, -0.25) is 0 Å². The van der Waals surface area contributed by atoms with Crippen molar-refractivity contribution in [3.05, 3.63) is 30.3 Å². The highest BCUT2D eigenvalue weighted by Gasteiger charge is 2.30. The van der Waals surface area contributed by atoms with Crippen LogP contribution >= 0.6 is 0 Å². The van der Waals surface area contributed by atoms with Crippen molar-refractivity contribution in [3.63, 3.8) is 0 Å². The Hall–Kier alpha value is -2.57. The number of rotatable bonds is 8. The molecule has 1 aliphatic rings. The van der Waals surface area contributed by atoms with Gasteiger partial charge in [0.2, 0.25) is 17.8 Å². The van der Waals surface area contributed by atoms with Crippen molar-refractivity contribution in [2.24, 2.45) is 10.8 Å². The van der Waals surface area contributed by atoms with Crippen LogP contribution in [0.25, 0.3) is 0 Å². The Morgan fingerprint density at radius 2 is 1.03 bits per heavy atom. The van der Waals surface area contributed by atoms with Crippen LogP contribution in [0.4, 0.5) is 23.5 Å². The number of aromatic nitrogens is 3. The topological polar surface area (TPSA) is 69.2 Å². The Morgan fingerprint density at radius 1 is 0.611 bits per heavy atom. The molecule has 0 saturated carbocycles. The van der Waals surface area contributed by atoms with Gasteiger partial charge in [0.05, 0.1) is 0 Å². The van der Waals surface area contributed by atoms with Gasteiger partial charge >= 0.3 is 0 Å². The molecule has 1 aliphatic heterocycles. The molecule has 1 fully saturated rings. The minimum Gasteiger partial charge on any atom is -0.368 e. The molecular weight excluding hydrogens is 446 g/mol. The van der Waals surface area contributed by atoms with Gasteiger partial charge in [0.15, 0.2) is 0 Å². The first-order valence-corrected chi connectivity index (χ1v) is 13.4. The van der Waals surface area contributed by atoms with Crippen LogP contribution < -0.4 is 20.4 Å². The minimum absolute atomic E-state index is 0.152. The average molecular weight is 496 g/mol. The molecule has 0 amide bonds. The fourth-order valence-corrected chi connectivity index (χ4v) is 5.77. The molecule has 0 bridgehead atoms. The quantitative estimate of drug-likeness (QED) is 0.436. The monoisotopic (exact) mass is 495 g/mol. The smallest absolute Gasteiger partial charge is 0.232 e. The zero-order chi connectivity index (χ0) is 26.8. The zero-order valence-corrected chi connectivity index (χ0v) is 24.4. The summed E-state index contributed by atoms with van der Waals surface area (Å²) in [6, 6.07) is 10.6. The first-order valence-electron chi connectivity index (χ1n) is 13.4. The van der Waals surface area contributed by atoms with Gasteiger partial charge in [-0.25, -0.2) is 0 Å². The van der Waals surface area contributed by atoms with E-state index in [2.05, 4.69) is 120 Å². The van der Waals surface area contributed by atoms with E-state index < -0.39 is 0 Å². The molecular formula is C29H49N7. The molecule has 1 aromatic heterocycles. The summed E-state index contributed by atoms with van der Waals surface area (Å²) in [4.78, 5) is 19.4. The van der Waals surface area contributed by atoms with E-state index in [1.54, 1.807) is 0 Å². The normalized spacial score (nSPS) is 15.7. The van der Waals surface area contributed by atoms with E-state index in [9.17, 15) is 0 Å². The third-order valence-electron chi connectivity index (χ3n) is 6.15. The first-order chi connectivity index (χ1) is 16.5. The Kier molecular flexibility index (Phi) is 8.11. The standard InChI is InChI=1S/C29H49N7/c1-26(2,3)20-28(7,8)33-23-30-24(34-29(9,10)21-27(4,5)6)32-25(31-23)36-18-16-35(17-19-36)22-14-12-11-13-15-22/h11-15H,16-21H2,1-10H3,(H2,30,31,32,33,34). The van der Waals surface area contributed by atoms with Crippen LogP contribution in [0.3, 0.4) is 0 Å². The number of para-hydroxylation sites is 1. The second-order valence-electron chi connectivity index (χ2n) is 14.1. The number of benzene rings is 1. The van der Waals surface area contributed by atoms with Crippen molar-refractivity contribution in [1.29, 1.82) is 0 Å². The molecule has 1 aromatic carbocycles. The highest BCUT2D eigenvalue weighted by molar-refractivity contribution is 5.50. The van der Waals surface area contributed by atoms with Crippen LogP contribution in [-0.4, -0.2) is 52.2 Å². The summed E-state index contributed by atoms with van der Waals surface area (Å²) in [6.45, 7) is 26.1. The first kappa shape index (κ1) is 28.0. The SMILES string of the molecule is CC(C)(C)CC(C)(C)Nc1nc(NC(C)(C)CC(C)(C)C)nc(N2CCN(c3ccccc3)CC2)n1. The summed E-state index contributed by atoms with van der Waals surface area (Å²) in [5.41, 5.74) is 1.35. The summed E-state index contributed by atoms with van der Waals surface area (Å²) in [5.74, 6) is 2.00. The molecule has 0 spiro atoms. The van der Waals surface area contributed by atoms with E-state index in [-0.39, 0.29) is 21.9 Å². The van der Waals surface area contributed by atoms with Crippen LogP contribution in [0.15, 0.2) is 30.3 Å². The molecule has 1 saturated heterocycles. The number of piperazine rings is 1. The van der Waals surface area contributed by atoms with E-state index in [0.717, 1.165) is 45.0 Å². The molecule has 0 aliphatic carbocycles. The summed E-state index contributed by atoms with van der Waals surface area (Å²) >= 11 is 0. The van der Waals surface area contributed by atoms with Gasteiger partial charge in [-0.15, -0.1) is 0 Å². The van der Waals surface area contributed by atoms with Crippen molar-refractivity contribution >= 4 is 23.5 Å². The lowest BCUT2D eigenvalue weighted by Gasteiger charge is -2.37. The summed E-state index contributed by atoms with van der Waals surface area (Å²) < 4.78 is 0. The maximum atomic E-state index is 4.91. The van der Waals surface area contributed by atoms with Gasteiger partial charge < -0.3 is 20.4 Å². The van der Waals surface area contributed by atoms with E-state index >= 15 is 0 Å². The summed E-state index contributed by atoms with van der Waals surface area (Å²) in [7, 11) is 0. The Morgan fingerprint density at radius 3 is 1.44 bits per heavy atom. The van der Waals surface area contributed by atoms with Crippen molar-refractivity contribution < 1.29 is 0 Å². The summed E-state index contributed by atoms with van der Waals surface area (Å²) in [6.07, 6.45) is 1.99. The molecule has 2 heterocycles. The fourth-order valence-electron chi connectivity index (χ4n) is 5.77. The van der Waals surface area contributed by atoms with Gasteiger partial charge in [0.25, 0.3) is 0 Å². The minimum atomic E-state index is -0.152. The molecule has 0 radical (unpaired) electrons. The van der Waals surface area contributed by atoms with E-state index in [0.29, 0.717) is 11.9 Å². The highest BCUT2D eigenvalue weighted by Crippen LogP contribution is 2.31. The Labute approximate surface area is 219 Å². The zero-order valence-electron chi connectivity index (χ0n) is 24.4. The van der Waals surface area contributed by atoms with Gasteiger partial charge in [0.1, 0.15) is 0 Å². The second kappa shape index (κ2) is 10.4. The van der Waals surface area contributed by atoms with Crippen molar-refractivity contribution in [2.45, 2.75) is 93.2 Å². The number of hydrogen-bond donors (Lipinski definition) is 2. The fraction of sp³-hybridized carbons (Fsp3) is 0.690. The average Bonchev–Trinajstić information content (AvgIpc) is 2.70. The van der Waals surface area contributed by atoms with Gasteiger partial charge in [-0.1, -0.05) is 59.7 Å². The highest BCUT2D eigenvalue weighted by atomic mass is 15.4. The number of hydrogen-bond acceptors (Lipinski definition) is 7. The third kappa shape index (κ3) is 8.82. The lowest BCUT2D eigenvalue weighted by atomic mass is 9.82. The predicted octanol–water partition coefficient (Wildman–Crippen LogP) is 6.45. The Balaban J connectivity index is 1.85. The molecule has 0 unspecified atom stereocenters. The molecule has 0 atom stereocenters. The molecule has 7 nitrogen and oxygen atoms in total. The molecule has 3 rings (SSSR count). The van der Waals surface area contributed by atoms with Gasteiger partial charge in [0, 0.05) is 42.9 Å². The van der Waals surface area contributed by atoms with Crippen LogP contribution in [-0.2, 0) is 0 Å². The Bertz CT molecular complexity index is 931. The van der Waals surface area contributed by atoms with Crippen molar-refractivity contribution in [1.82, 2.24) is 15.0 Å². The second-order valence-corrected chi connectivity index (χ2v) is 14.1. The lowest BCUT2D eigenvalue weighted by molar-refractivity contribution is 0.301. The maximum Gasteiger partial charge on any atom is 0.232 e. The molecule has 2 aromatic rings. The molecule has 7 heteroatoms. The lowest BCUT2D eigenvalue weighted by Crippen LogP contribution is -2.47. The van der Waals surface area contributed by atoms with Crippen molar-refractivity contribution in [2.75, 3.05) is 46.6 Å². The molecule has 36 heavy (non-hydrogen) atoms. The van der Waals surface area contributed by atoms with E-state index in [1.807, 2.05) is 0 Å². The van der Waals surface area contributed by atoms with Gasteiger partial charge in [-0.2, -0.15) is 15.0 Å². The van der Waals surface area contributed by atoms with Crippen LogP contribution in [0.5, 0.6) is 0 Å². The van der Waals surface area contributed by atoms with Crippen LogP contribution in [0.1, 0.15) is 82.1 Å². The van der Waals surface area contributed by atoms with Crippen LogP contribution in [0.2, 0.25) is 0 Å². The van der Waals surface area contributed by atoms with Crippen molar-refractivity contribution in [3.8, 4) is 0 Å². The summed E-state index contributed by atoms with van der Waals surface area (Å²) in [5, 5.41) is 7.25. The van der Waals surface area contributed by atoms with E-state index in [4.69, 9.17) is 15.0 Å². The largest absolute Gasteiger partial charge is 0.368 e. The molecule has 200 valence electrons. The van der Waals surface area contributed by atoms with Crippen LogP contribution in [0, 0.1) is 10.8 Å². The number of nitrogens with zero attached hydrogens (tertiary/aromatic N) is 5. The predicted molar refractivity (Wildman–Crippen MR) is 154 cm³/mol. The number of anilines is 4. The number of nitrogens with one attached hydrogen (secondary N) is 2.